The van der Waals surface area contributed by atoms with Crippen LogP contribution in [0, 0.1) is 29.1 Å². The Balaban J connectivity index is 1.50. The molecule has 0 aromatic heterocycles. The van der Waals surface area contributed by atoms with Gasteiger partial charge in [-0.15, -0.1) is 10.8 Å². The van der Waals surface area contributed by atoms with E-state index in [4.69, 9.17) is 10.00 Å². The molecule has 10 heteroatoms. The summed E-state index contributed by atoms with van der Waals surface area (Å²) in [7, 11) is -3.68. The summed E-state index contributed by atoms with van der Waals surface area (Å²) in [6.07, 6.45) is -4.32. The number of rotatable bonds is 5. The Bertz CT molecular complexity index is 1120. The van der Waals surface area contributed by atoms with Crippen molar-refractivity contribution in [3.63, 3.8) is 0 Å². The molecule has 5 atom stereocenters. The number of aliphatic hydroxyl groups excluding tert-OH is 1. The highest BCUT2D eigenvalue weighted by Crippen LogP contribution is 2.76. The first-order valence-electron chi connectivity index (χ1n) is 11.1. The van der Waals surface area contributed by atoms with Gasteiger partial charge in [-0.2, -0.15) is 18.4 Å². The molecule has 1 aliphatic heterocycles. The van der Waals surface area contributed by atoms with Crippen LogP contribution >= 0.6 is 10.8 Å². The lowest BCUT2D eigenvalue weighted by molar-refractivity contribution is -0.137. The summed E-state index contributed by atoms with van der Waals surface area (Å²) >= 11 is 0. The van der Waals surface area contributed by atoms with E-state index in [9.17, 15) is 27.4 Å². The Morgan fingerprint density at radius 2 is 1.85 bits per heavy atom. The second kappa shape index (κ2) is 8.14. The average molecular weight is 495 g/mol. The fourth-order valence-corrected chi connectivity index (χ4v) is 9.01. The number of ether oxygens (including phenoxy) is 1. The Morgan fingerprint density at radius 3 is 2.53 bits per heavy atom. The highest BCUT2D eigenvalue weighted by Gasteiger charge is 2.72. The van der Waals surface area contributed by atoms with E-state index in [0.29, 0.717) is 12.8 Å². The summed E-state index contributed by atoms with van der Waals surface area (Å²) in [5, 5.41) is 19.8. The van der Waals surface area contributed by atoms with E-state index in [0.717, 1.165) is 17.7 Å². The largest absolute Gasteiger partial charge is 0.417 e. The fourth-order valence-electron chi connectivity index (χ4n) is 6.25. The monoisotopic (exact) mass is 494 g/mol. The van der Waals surface area contributed by atoms with Crippen LogP contribution < -0.4 is 4.31 Å². The van der Waals surface area contributed by atoms with E-state index in [2.05, 4.69) is 0 Å². The van der Waals surface area contributed by atoms with Crippen LogP contribution in [0.1, 0.15) is 29.5 Å². The van der Waals surface area contributed by atoms with Gasteiger partial charge in [0.15, 0.2) is 0 Å². The van der Waals surface area contributed by atoms with E-state index < -0.39 is 44.8 Å². The molecule has 0 amide bonds. The molecule has 1 saturated heterocycles. The maximum atomic E-state index is 13.6. The van der Waals surface area contributed by atoms with Gasteiger partial charge in [-0.3, -0.25) is 13.4 Å². The number of hydrogen-bond acceptors (Lipinski definition) is 6. The number of aliphatic hydroxyl groups is 1. The predicted molar refractivity (Wildman–Crippen MR) is 121 cm³/mol. The number of halogens is 3. The highest BCUT2D eigenvalue weighted by molar-refractivity contribution is 8.26. The van der Waals surface area contributed by atoms with E-state index in [1.165, 1.54) is 10.4 Å². The van der Waals surface area contributed by atoms with E-state index in [1.54, 1.807) is 6.07 Å². The molecule has 182 valence electrons. The van der Waals surface area contributed by atoms with Crippen LogP contribution in [-0.4, -0.2) is 38.2 Å². The van der Waals surface area contributed by atoms with Gasteiger partial charge in [0.05, 0.1) is 42.2 Å². The van der Waals surface area contributed by atoms with Crippen LogP contribution in [0.2, 0.25) is 0 Å². The van der Waals surface area contributed by atoms with Crippen molar-refractivity contribution >= 4 is 16.5 Å². The number of nitrogens with zero attached hydrogens (tertiary/aromatic N) is 2. The minimum absolute atomic E-state index is 0.00273. The van der Waals surface area contributed by atoms with Gasteiger partial charge in [-0.25, -0.2) is 0 Å². The first-order chi connectivity index (χ1) is 16.1. The van der Waals surface area contributed by atoms with Gasteiger partial charge >= 0.3 is 6.18 Å². The van der Waals surface area contributed by atoms with Crippen LogP contribution in [0.4, 0.5) is 18.9 Å². The Morgan fingerprint density at radius 1 is 1.12 bits per heavy atom. The second-order valence-corrected chi connectivity index (χ2v) is 11.6. The molecule has 2 aromatic rings. The van der Waals surface area contributed by atoms with Gasteiger partial charge in [0.25, 0.3) is 0 Å². The molecule has 0 unspecified atom stereocenters. The van der Waals surface area contributed by atoms with Crippen LogP contribution in [0.5, 0.6) is 0 Å². The molecule has 0 radical (unpaired) electrons. The number of fused-ring (bicyclic) bond motifs is 5. The summed E-state index contributed by atoms with van der Waals surface area (Å²) < 4.78 is 70.0. The number of nitriles is 1. The third kappa shape index (κ3) is 3.41. The van der Waals surface area contributed by atoms with Gasteiger partial charge in [0, 0.05) is 18.4 Å². The van der Waals surface area contributed by atoms with Gasteiger partial charge in [0.1, 0.15) is 4.75 Å². The number of anilines is 1. The summed E-state index contributed by atoms with van der Waals surface area (Å²) in [5.41, 5.74) is -0.731. The van der Waals surface area contributed by atoms with Crippen molar-refractivity contribution in [1.29, 1.82) is 5.26 Å². The zero-order chi connectivity index (χ0) is 24.3. The zero-order valence-corrected chi connectivity index (χ0v) is 19.0. The normalized spacial score (nSPS) is 32.4. The molecule has 3 fully saturated rings. The Labute approximate surface area is 197 Å². The van der Waals surface area contributed by atoms with Gasteiger partial charge in [-0.1, -0.05) is 30.3 Å². The molecule has 5 rings (SSSR count). The molecular weight excluding hydrogens is 469 g/mol. The molecule has 2 saturated carbocycles. The van der Waals surface area contributed by atoms with E-state index in [-0.39, 0.29) is 37.3 Å². The standard InChI is InChI=1S/C24H25F3N2O4S/c25-24(26,27)19-10-18(7-6-16(19)11-28)29-12-21-17-8-20(22(30)9-17)23(21,34(29,31)32)14-33-13-15-4-2-1-3-5-15/h1-7,10,17,20-22,30-32H,8-9,12-14H2/t17-,20+,21+,22+,23-/m1/s1. The van der Waals surface area contributed by atoms with Crippen molar-refractivity contribution in [1.82, 2.24) is 0 Å². The number of hydrogen-bond donors (Lipinski definition) is 3. The molecular formula is C24H25F3N2O4S. The molecule has 3 aliphatic rings. The van der Waals surface area contributed by atoms with Crippen LogP contribution in [-0.2, 0) is 17.5 Å². The predicted octanol–water partition coefficient (Wildman–Crippen LogP) is 5.04. The minimum Gasteiger partial charge on any atom is -0.393 e. The van der Waals surface area contributed by atoms with Crippen molar-refractivity contribution in [2.45, 2.75) is 36.5 Å². The average Bonchev–Trinajstić information content (AvgIpc) is 3.40. The van der Waals surface area contributed by atoms with Crippen molar-refractivity contribution in [2.75, 3.05) is 17.5 Å². The summed E-state index contributed by atoms with van der Waals surface area (Å²) in [4.78, 5) is 0. The smallest absolute Gasteiger partial charge is 0.393 e. The van der Waals surface area contributed by atoms with Crippen LogP contribution in [0.25, 0.3) is 0 Å². The third-order valence-electron chi connectivity index (χ3n) is 7.73. The van der Waals surface area contributed by atoms with E-state index in [1.807, 2.05) is 30.3 Å². The van der Waals surface area contributed by atoms with Crippen LogP contribution in [0.3, 0.4) is 0 Å². The van der Waals surface area contributed by atoms with Crippen molar-refractivity contribution in [3.05, 3.63) is 65.2 Å². The maximum Gasteiger partial charge on any atom is 0.417 e. The SMILES string of the molecule is N#Cc1ccc(N2C[C@H]3[C@H]4C[C@H](O)[C@H](C4)[C@@]3(COCc3ccccc3)S2(O)O)cc1C(F)(F)F. The topological polar surface area (TPSA) is 97.0 Å². The fraction of sp³-hybridized carbons (Fsp3) is 0.458. The molecule has 2 aromatic carbocycles. The second-order valence-electron chi connectivity index (χ2n) is 9.36. The molecule has 2 bridgehead atoms. The third-order valence-corrected chi connectivity index (χ3v) is 10.4. The molecule has 34 heavy (non-hydrogen) atoms. The first-order valence-corrected chi connectivity index (χ1v) is 12.6. The van der Waals surface area contributed by atoms with Crippen molar-refractivity contribution in [2.24, 2.45) is 17.8 Å². The van der Waals surface area contributed by atoms with E-state index >= 15 is 0 Å². The Kier molecular flexibility index (Phi) is 5.61. The lowest BCUT2D eigenvalue weighted by atomic mass is 9.77. The molecule has 0 spiro atoms. The Hall–Kier alpha value is -2.29. The maximum absolute atomic E-state index is 13.6. The van der Waals surface area contributed by atoms with Gasteiger partial charge in [-0.05, 0) is 42.5 Å². The minimum atomic E-state index is -4.76. The van der Waals surface area contributed by atoms with Gasteiger partial charge < -0.3 is 9.84 Å². The molecule has 6 nitrogen and oxygen atoms in total. The number of alkyl halides is 3. The first kappa shape index (κ1) is 23.5. The summed E-state index contributed by atoms with van der Waals surface area (Å²) in [6, 6.07) is 14.1. The molecule has 3 N–H and O–H groups in total. The van der Waals surface area contributed by atoms with Crippen molar-refractivity contribution in [3.8, 4) is 6.07 Å². The highest BCUT2D eigenvalue weighted by atomic mass is 32.3. The summed E-state index contributed by atoms with van der Waals surface area (Å²) in [5.74, 6) is -0.641. The van der Waals surface area contributed by atoms with Crippen LogP contribution in [0.15, 0.2) is 48.5 Å². The van der Waals surface area contributed by atoms with Gasteiger partial charge in [0.2, 0.25) is 0 Å². The molecule has 1 heterocycles. The lowest BCUT2D eigenvalue weighted by Crippen LogP contribution is -2.52. The summed E-state index contributed by atoms with van der Waals surface area (Å²) in [6.45, 7) is 0.369. The van der Waals surface area contributed by atoms with Crippen molar-refractivity contribution < 1.29 is 32.1 Å². The molecule has 2 aliphatic carbocycles. The quantitative estimate of drug-likeness (QED) is 0.539. The number of benzene rings is 2. The zero-order valence-electron chi connectivity index (χ0n) is 18.2. The lowest BCUT2D eigenvalue weighted by Gasteiger charge is -2.53.